The molecule has 0 saturated carbocycles. The topological polar surface area (TPSA) is 88.3 Å². The van der Waals surface area contributed by atoms with Crippen molar-refractivity contribution >= 4 is 35.1 Å². The highest BCUT2D eigenvalue weighted by Crippen LogP contribution is 2.27. The lowest BCUT2D eigenvalue weighted by Crippen LogP contribution is -2.40. The minimum absolute atomic E-state index is 0.0119. The Hall–Kier alpha value is -1.90. The van der Waals surface area contributed by atoms with Crippen molar-refractivity contribution < 1.29 is 14.6 Å². The van der Waals surface area contributed by atoms with E-state index in [1.54, 1.807) is 23.1 Å². The average molecular weight is 387 g/mol. The molecule has 10 heteroatoms. The maximum Gasteiger partial charge on any atom is 0.281 e. The van der Waals surface area contributed by atoms with Crippen LogP contribution in [-0.4, -0.2) is 59.5 Å². The van der Waals surface area contributed by atoms with Crippen LogP contribution in [0.15, 0.2) is 23.3 Å². The first-order chi connectivity index (χ1) is 12.0. The fourth-order valence-electron chi connectivity index (χ4n) is 3.02. The molecule has 3 rings (SSSR count). The smallest absolute Gasteiger partial charge is 0.281 e. The molecule has 2 saturated heterocycles. The second kappa shape index (κ2) is 7.55. The molecule has 1 amide bonds. The van der Waals surface area contributed by atoms with E-state index in [9.17, 15) is 14.9 Å². The maximum atomic E-state index is 12.9. The van der Waals surface area contributed by atoms with Crippen LogP contribution >= 0.6 is 23.2 Å². The lowest BCUT2D eigenvalue weighted by atomic mass is 10.1. The Balaban J connectivity index is 1.87. The third kappa shape index (κ3) is 3.86. The molecule has 1 atom stereocenters. The molecule has 134 valence electrons. The van der Waals surface area contributed by atoms with Crippen molar-refractivity contribution in [2.45, 2.75) is 6.42 Å². The molecule has 0 radical (unpaired) electrons. The minimum atomic E-state index is -0.798. The standard InChI is InChI=1S/C15H16Cl2N4O4/c16-11-2-1-3-12(17)13(11)14(22)20-6-5-19(15(20)18-21(23)24)8-10-4-7-25-9-10/h1-3,10H,4-9H2. The fraction of sp³-hybridized carbons (Fsp3) is 0.467. The Kier molecular flexibility index (Phi) is 5.41. The molecule has 2 aliphatic rings. The SMILES string of the molecule is O=C(c1c(Cl)cccc1Cl)N1CCN(CC2CCOC2)C1=N[N+](=O)[O-]. The van der Waals surface area contributed by atoms with E-state index in [1.807, 2.05) is 0 Å². The van der Waals surface area contributed by atoms with Gasteiger partial charge in [-0.05, 0) is 18.6 Å². The van der Waals surface area contributed by atoms with E-state index in [4.69, 9.17) is 27.9 Å². The van der Waals surface area contributed by atoms with Crippen LogP contribution in [0, 0.1) is 16.0 Å². The Labute approximate surface area is 154 Å². The molecule has 2 fully saturated rings. The molecular weight excluding hydrogens is 371 g/mol. The number of rotatable bonds is 4. The second-order valence-electron chi connectivity index (χ2n) is 5.87. The highest BCUT2D eigenvalue weighted by Gasteiger charge is 2.37. The number of carbonyl (C=O) groups excluding carboxylic acids is 1. The van der Waals surface area contributed by atoms with E-state index in [2.05, 4.69) is 5.10 Å². The monoisotopic (exact) mass is 386 g/mol. The summed E-state index contributed by atoms with van der Waals surface area (Å²) in [6.45, 7) is 2.56. The van der Waals surface area contributed by atoms with E-state index < -0.39 is 10.9 Å². The number of nitro groups is 1. The van der Waals surface area contributed by atoms with Crippen molar-refractivity contribution in [1.82, 2.24) is 9.80 Å². The Morgan fingerprint density at radius 1 is 1.36 bits per heavy atom. The number of guanidine groups is 1. The van der Waals surface area contributed by atoms with Crippen LogP contribution in [0.2, 0.25) is 10.0 Å². The second-order valence-corrected chi connectivity index (χ2v) is 6.68. The van der Waals surface area contributed by atoms with Crippen molar-refractivity contribution in [3.05, 3.63) is 43.9 Å². The van der Waals surface area contributed by atoms with Crippen molar-refractivity contribution in [3.63, 3.8) is 0 Å². The van der Waals surface area contributed by atoms with Crippen molar-refractivity contribution in [3.8, 4) is 0 Å². The highest BCUT2D eigenvalue weighted by molar-refractivity contribution is 6.40. The van der Waals surface area contributed by atoms with Gasteiger partial charge >= 0.3 is 0 Å². The number of benzene rings is 1. The van der Waals surface area contributed by atoms with E-state index in [-0.39, 0.29) is 34.0 Å². The normalized spacial score (nSPS) is 22.0. The maximum absolute atomic E-state index is 12.9. The predicted molar refractivity (Wildman–Crippen MR) is 92.4 cm³/mol. The van der Waals surface area contributed by atoms with Crippen LogP contribution in [0.3, 0.4) is 0 Å². The molecule has 2 heterocycles. The molecule has 25 heavy (non-hydrogen) atoms. The van der Waals surface area contributed by atoms with Crippen LogP contribution < -0.4 is 0 Å². The zero-order valence-electron chi connectivity index (χ0n) is 13.2. The average Bonchev–Trinajstić information content (AvgIpc) is 3.18. The first kappa shape index (κ1) is 17.9. The molecule has 1 aromatic carbocycles. The zero-order valence-corrected chi connectivity index (χ0v) is 14.7. The molecule has 0 spiro atoms. The van der Waals surface area contributed by atoms with Crippen LogP contribution in [0.4, 0.5) is 0 Å². The molecule has 0 N–H and O–H groups in total. The van der Waals surface area contributed by atoms with Gasteiger partial charge in [0.25, 0.3) is 11.9 Å². The van der Waals surface area contributed by atoms with Gasteiger partial charge in [-0.1, -0.05) is 29.3 Å². The number of amides is 1. The molecule has 0 bridgehead atoms. The van der Waals surface area contributed by atoms with Gasteiger partial charge < -0.3 is 9.64 Å². The molecule has 1 unspecified atom stereocenters. The summed E-state index contributed by atoms with van der Waals surface area (Å²) in [6.07, 6.45) is 0.881. The van der Waals surface area contributed by atoms with Crippen molar-refractivity contribution in [2.75, 3.05) is 32.8 Å². The Morgan fingerprint density at radius 3 is 2.68 bits per heavy atom. The summed E-state index contributed by atoms with van der Waals surface area (Å²) in [4.78, 5) is 26.8. The van der Waals surface area contributed by atoms with Gasteiger partial charge in [0.1, 0.15) is 5.10 Å². The molecular formula is C15H16Cl2N4O4. The molecule has 8 nitrogen and oxygen atoms in total. The number of halogens is 2. The van der Waals surface area contributed by atoms with Gasteiger partial charge in [-0.2, -0.15) is 0 Å². The predicted octanol–water partition coefficient (Wildman–Crippen LogP) is 2.34. The fourth-order valence-corrected chi connectivity index (χ4v) is 3.58. The third-order valence-electron chi connectivity index (χ3n) is 4.21. The molecule has 0 aromatic heterocycles. The van der Waals surface area contributed by atoms with Gasteiger partial charge in [-0.25, -0.2) is 10.1 Å². The Bertz CT molecular complexity index is 701. The lowest BCUT2D eigenvalue weighted by molar-refractivity contribution is -0.486. The number of hydrogen-bond donors (Lipinski definition) is 0. The van der Waals surface area contributed by atoms with Crippen LogP contribution in [0.1, 0.15) is 16.8 Å². The van der Waals surface area contributed by atoms with E-state index >= 15 is 0 Å². The van der Waals surface area contributed by atoms with Crippen LogP contribution in [0.5, 0.6) is 0 Å². The third-order valence-corrected chi connectivity index (χ3v) is 4.84. The summed E-state index contributed by atoms with van der Waals surface area (Å²) >= 11 is 12.2. The first-order valence-corrected chi connectivity index (χ1v) is 8.54. The zero-order chi connectivity index (χ0) is 18.0. The largest absolute Gasteiger partial charge is 0.381 e. The summed E-state index contributed by atoms with van der Waals surface area (Å²) < 4.78 is 5.34. The molecule has 1 aromatic rings. The van der Waals surface area contributed by atoms with Gasteiger partial charge in [-0.15, -0.1) is 0 Å². The Morgan fingerprint density at radius 2 is 2.08 bits per heavy atom. The number of hydrogen-bond acceptors (Lipinski definition) is 4. The summed E-state index contributed by atoms with van der Waals surface area (Å²) in [7, 11) is 0. The quantitative estimate of drug-likeness (QED) is 0.585. The lowest BCUT2D eigenvalue weighted by Gasteiger charge is -2.22. The number of ether oxygens (including phenoxy) is 1. The molecule has 2 aliphatic heterocycles. The number of carbonyl (C=O) groups is 1. The number of hydrazone groups is 1. The highest BCUT2D eigenvalue weighted by atomic mass is 35.5. The first-order valence-electron chi connectivity index (χ1n) is 7.79. The summed E-state index contributed by atoms with van der Waals surface area (Å²) in [5, 5.41) is 14.0. The van der Waals surface area contributed by atoms with Gasteiger partial charge in [0.2, 0.25) is 0 Å². The van der Waals surface area contributed by atoms with Gasteiger partial charge in [-0.3, -0.25) is 9.69 Å². The molecule has 0 aliphatic carbocycles. The summed E-state index contributed by atoms with van der Waals surface area (Å²) in [5.74, 6) is -0.227. The van der Waals surface area contributed by atoms with E-state index in [0.29, 0.717) is 26.3 Å². The van der Waals surface area contributed by atoms with E-state index in [1.165, 1.54) is 4.90 Å². The number of nitrogens with zero attached hydrogens (tertiary/aromatic N) is 4. The van der Waals surface area contributed by atoms with Gasteiger partial charge in [0, 0.05) is 32.2 Å². The van der Waals surface area contributed by atoms with Crippen LogP contribution in [0.25, 0.3) is 0 Å². The minimum Gasteiger partial charge on any atom is -0.381 e. The van der Waals surface area contributed by atoms with Gasteiger partial charge in [0.05, 0.1) is 22.2 Å². The van der Waals surface area contributed by atoms with E-state index in [0.717, 1.165) is 6.42 Å². The summed E-state index contributed by atoms with van der Waals surface area (Å²) in [6, 6.07) is 4.73. The van der Waals surface area contributed by atoms with Crippen molar-refractivity contribution in [2.24, 2.45) is 11.0 Å². The van der Waals surface area contributed by atoms with Crippen molar-refractivity contribution in [1.29, 1.82) is 0 Å². The van der Waals surface area contributed by atoms with Gasteiger partial charge in [0.15, 0.2) is 5.03 Å². The van der Waals surface area contributed by atoms with Crippen LogP contribution in [-0.2, 0) is 4.74 Å². The summed E-state index contributed by atoms with van der Waals surface area (Å²) in [5.41, 5.74) is 0.118.